The molecule has 1 fully saturated rings. The number of likely N-dealkylation sites (tertiary alicyclic amines) is 1. The highest BCUT2D eigenvalue weighted by molar-refractivity contribution is 5.81. The van der Waals surface area contributed by atoms with Gasteiger partial charge < -0.3 is 10.0 Å². The first-order valence-electron chi connectivity index (χ1n) is 9.97. The Morgan fingerprint density at radius 1 is 1.19 bits per heavy atom. The number of carboxylic acid groups (broad SMARTS) is 1. The van der Waals surface area contributed by atoms with Crippen LogP contribution < -0.4 is 0 Å². The fraction of sp³-hybridized carbons (Fsp3) is 0.619. The molecule has 1 saturated heterocycles. The van der Waals surface area contributed by atoms with Gasteiger partial charge in [-0.25, -0.2) is 0 Å². The summed E-state index contributed by atoms with van der Waals surface area (Å²) in [5.41, 5.74) is 2.72. The summed E-state index contributed by atoms with van der Waals surface area (Å²) in [6, 6.07) is 8.60. The predicted molar refractivity (Wildman–Crippen MR) is 105 cm³/mol. The minimum absolute atomic E-state index is 0.0577. The van der Waals surface area contributed by atoms with Crippen LogP contribution in [0.15, 0.2) is 24.3 Å². The van der Waals surface area contributed by atoms with E-state index in [-0.39, 0.29) is 24.5 Å². The zero-order valence-corrected chi connectivity index (χ0v) is 16.4. The van der Waals surface area contributed by atoms with Gasteiger partial charge in [0.2, 0.25) is 5.91 Å². The van der Waals surface area contributed by atoms with Gasteiger partial charge >= 0.3 is 5.97 Å². The highest BCUT2D eigenvalue weighted by Crippen LogP contribution is 2.22. The fourth-order valence-corrected chi connectivity index (χ4v) is 4.35. The molecule has 0 bridgehead atoms. The van der Waals surface area contributed by atoms with Gasteiger partial charge in [0.15, 0.2) is 0 Å². The van der Waals surface area contributed by atoms with Crippen LogP contribution in [0.25, 0.3) is 0 Å². The number of carbonyl (C=O) groups excluding carboxylic acids is 1. The summed E-state index contributed by atoms with van der Waals surface area (Å²) in [6.45, 7) is 5.31. The number of likely N-dealkylation sites (N-methyl/N-ethyl adjacent to an activating group) is 1. The molecule has 0 aliphatic carbocycles. The Kier molecular flexibility index (Phi) is 6.50. The average molecular weight is 373 g/mol. The van der Waals surface area contributed by atoms with Crippen molar-refractivity contribution < 1.29 is 14.7 Å². The first-order valence-corrected chi connectivity index (χ1v) is 9.97. The van der Waals surface area contributed by atoms with Gasteiger partial charge in [-0.05, 0) is 50.8 Å². The molecule has 148 valence electrons. The van der Waals surface area contributed by atoms with Crippen molar-refractivity contribution in [3.05, 3.63) is 35.4 Å². The van der Waals surface area contributed by atoms with Crippen molar-refractivity contribution in [2.45, 2.75) is 51.2 Å². The van der Waals surface area contributed by atoms with Crippen molar-refractivity contribution in [2.75, 3.05) is 33.2 Å². The maximum atomic E-state index is 13.1. The molecule has 0 aromatic heterocycles. The van der Waals surface area contributed by atoms with E-state index in [9.17, 15) is 9.59 Å². The summed E-state index contributed by atoms with van der Waals surface area (Å²) in [5, 5.41) is 9.00. The van der Waals surface area contributed by atoms with Gasteiger partial charge in [-0.2, -0.15) is 0 Å². The molecule has 6 nitrogen and oxygen atoms in total. The molecule has 1 aromatic rings. The number of rotatable bonds is 5. The van der Waals surface area contributed by atoms with Crippen LogP contribution in [0.5, 0.6) is 0 Å². The summed E-state index contributed by atoms with van der Waals surface area (Å²) in [5.74, 6) is -0.593. The van der Waals surface area contributed by atoms with Gasteiger partial charge in [0.05, 0.1) is 12.6 Å². The SMILES string of the molecule is C[C@@H](C(=O)N1CCC[C@@H](N(C)CC(=O)O)CC1)N1CCc2ccccc2C1. The topological polar surface area (TPSA) is 64.1 Å². The standard InChI is InChI=1S/C21H31N3O3/c1-16(24-12-9-17-6-3-4-7-18(17)14-24)21(27)23-11-5-8-19(10-13-23)22(2)15-20(25)26/h3-4,6-7,16,19H,5,8-15H2,1-2H3,(H,25,26)/t16-,19+/m0/s1. The number of amides is 1. The third kappa shape index (κ3) is 4.87. The normalized spacial score (nSPS) is 22.2. The molecule has 1 N–H and O–H groups in total. The lowest BCUT2D eigenvalue weighted by Crippen LogP contribution is -2.49. The van der Waals surface area contributed by atoms with Crippen molar-refractivity contribution >= 4 is 11.9 Å². The Labute approximate surface area is 161 Å². The molecule has 0 unspecified atom stereocenters. The Balaban J connectivity index is 1.57. The lowest BCUT2D eigenvalue weighted by atomic mass is 9.98. The van der Waals surface area contributed by atoms with Gasteiger partial charge in [-0.3, -0.25) is 19.4 Å². The molecule has 27 heavy (non-hydrogen) atoms. The van der Waals surface area contributed by atoms with Crippen LogP contribution in [0.2, 0.25) is 0 Å². The lowest BCUT2D eigenvalue weighted by Gasteiger charge is -2.35. The molecule has 3 rings (SSSR count). The molecule has 2 aliphatic heterocycles. The highest BCUT2D eigenvalue weighted by atomic mass is 16.4. The lowest BCUT2D eigenvalue weighted by molar-refractivity contribution is -0.139. The van der Waals surface area contributed by atoms with Crippen molar-refractivity contribution in [2.24, 2.45) is 0 Å². The van der Waals surface area contributed by atoms with E-state index in [1.54, 1.807) is 0 Å². The molecule has 2 heterocycles. The third-order valence-corrected chi connectivity index (χ3v) is 6.08. The molecule has 2 aliphatic rings. The quantitative estimate of drug-likeness (QED) is 0.853. The maximum absolute atomic E-state index is 13.1. The number of carbonyl (C=O) groups is 2. The van der Waals surface area contributed by atoms with Crippen molar-refractivity contribution in [1.29, 1.82) is 0 Å². The minimum Gasteiger partial charge on any atom is -0.480 e. The van der Waals surface area contributed by atoms with Gasteiger partial charge in [-0.1, -0.05) is 24.3 Å². The zero-order chi connectivity index (χ0) is 19.4. The van der Waals surface area contributed by atoms with E-state index in [1.165, 1.54) is 11.1 Å². The molecular weight excluding hydrogens is 342 g/mol. The first kappa shape index (κ1) is 19.8. The molecular formula is C21H31N3O3. The maximum Gasteiger partial charge on any atom is 0.317 e. The number of nitrogens with zero attached hydrogens (tertiary/aromatic N) is 3. The van der Waals surface area contributed by atoms with Crippen LogP contribution in [0, 0.1) is 0 Å². The van der Waals surface area contributed by atoms with Crippen LogP contribution in [-0.2, 0) is 22.6 Å². The van der Waals surface area contributed by atoms with E-state index < -0.39 is 5.97 Å². The molecule has 0 spiro atoms. The monoisotopic (exact) mass is 373 g/mol. The Bertz CT molecular complexity index is 678. The van der Waals surface area contributed by atoms with Crippen molar-refractivity contribution in [1.82, 2.24) is 14.7 Å². The number of benzene rings is 1. The van der Waals surface area contributed by atoms with E-state index in [2.05, 4.69) is 29.2 Å². The summed E-state index contributed by atoms with van der Waals surface area (Å²) < 4.78 is 0. The summed E-state index contributed by atoms with van der Waals surface area (Å²) >= 11 is 0. The predicted octanol–water partition coefficient (Wildman–Crippen LogP) is 1.83. The van der Waals surface area contributed by atoms with Crippen LogP contribution >= 0.6 is 0 Å². The molecule has 1 amide bonds. The van der Waals surface area contributed by atoms with Crippen molar-refractivity contribution in [3.63, 3.8) is 0 Å². The van der Waals surface area contributed by atoms with Crippen LogP contribution in [-0.4, -0.2) is 77.0 Å². The third-order valence-electron chi connectivity index (χ3n) is 6.08. The molecule has 0 saturated carbocycles. The van der Waals surface area contributed by atoms with Gasteiger partial charge in [0.25, 0.3) is 0 Å². The van der Waals surface area contributed by atoms with Crippen LogP contribution in [0.4, 0.5) is 0 Å². The number of aliphatic carboxylic acids is 1. The van der Waals surface area contributed by atoms with Crippen molar-refractivity contribution in [3.8, 4) is 0 Å². The van der Waals surface area contributed by atoms with Crippen LogP contribution in [0.3, 0.4) is 0 Å². The van der Waals surface area contributed by atoms with E-state index in [0.29, 0.717) is 6.54 Å². The van der Waals surface area contributed by atoms with E-state index in [4.69, 9.17) is 5.11 Å². The Morgan fingerprint density at radius 2 is 1.93 bits per heavy atom. The van der Waals surface area contributed by atoms with E-state index >= 15 is 0 Å². The van der Waals surface area contributed by atoms with Gasteiger partial charge in [0, 0.05) is 32.2 Å². The highest BCUT2D eigenvalue weighted by Gasteiger charge is 2.30. The molecule has 1 aromatic carbocycles. The number of hydrogen-bond acceptors (Lipinski definition) is 4. The average Bonchev–Trinajstić information content (AvgIpc) is 2.92. The minimum atomic E-state index is -0.798. The van der Waals surface area contributed by atoms with Gasteiger partial charge in [-0.15, -0.1) is 0 Å². The molecule has 6 heteroatoms. The Hall–Kier alpha value is -1.92. The van der Waals surface area contributed by atoms with Gasteiger partial charge in [0.1, 0.15) is 0 Å². The second-order valence-corrected chi connectivity index (χ2v) is 7.88. The molecule has 0 radical (unpaired) electrons. The van der Waals surface area contributed by atoms with E-state index in [0.717, 1.165) is 45.3 Å². The van der Waals surface area contributed by atoms with Crippen LogP contribution in [0.1, 0.15) is 37.3 Å². The number of fused-ring (bicyclic) bond motifs is 1. The second-order valence-electron chi connectivity index (χ2n) is 7.88. The summed E-state index contributed by atoms with van der Waals surface area (Å²) in [4.78, 5) is 30.2. The number of carboxylic acids is 1. The second kappa shape index (κ2) is 8.85. The Morgan fingerprint density at radius 3 is 2.67 bits per heavy atom. The summed E-state index contributed by atoms with van der Waals surface area (Å²) in [7, 11) is 1.87. The van der Waals surface area contributed by atoms with E-state index in [1.807, 2.05) is 23.8 Å². The largest absolute Gasteiger partial charge is 0.480 e. The smallest absolute Gasteiger partial charge is 0.317 e. The first-order chi connectivity index (χ1) is 13.0. The molecule has 2 atom stereocenters. The zero-order valence-electron chi connectivity index (χ0n) is 16.4. The number of hydrogen-bond donors (Lipinski definition) is 1. The summed E-state index contributed by atoms with van der Waals surface area (Å²) in [6.07, 6.45) is 3.70. The fourth-order valence-electron chi connectivity index (χ4n) is 4.35.